The molecule has 1 aromatic heterocycles. The van der Waals surface area contributed by atoms with Gasteiger partial charge in [0.25, 0.3) is 0 Å². The van der Waals surface area contributed by atoms with Crippen molar-refractivity contribution < 1.29 is 4.79 Å². The molecule has 2 heterocycles. The van der Waals surface area contributed by atoms with Crippen LogP contribution in [0, 0.1) is 0 Å². The molecule has 1 N–H and O–H groups in total. The maximum atomic E-state index is 12.6. The number of rotatable bonds is 3. The van der Waals surface area contributed by atoms with Gasteiger partial charge in [0.1, 0.15) is 0 Å². The first kappa shape index (κ1) is 17.9. The molecule has 1 saturated heterocycles. The molecule has 1 aromatic carbocycles. The van der Waals surface area contributed by atoms with E-state index in [1.54, 1.807) is 4.90 Å². The Morgan fingerprint density at radius 2 is 2.12 bits per heavy atom. The van der Waals surface area contributed by atoms with Crippen LogP contribution in [0.1, 0.15) is 43.7 Å². The standard InChI is InChI=1S/C20H27BrN4O/c1-4-24(5-2)20(26)22-25-12-13-11-17-14(7-6-10-23(17)3)19-15(21)8-9-16(25)18(13)19/h8-9,12,14,17H,4-7,10-11H2,1-3H3,(H,22,26)/t14-,17+/m0/s1. The molecule has 4 rings (SSSR count). The smallest absolute Gasteiger partial charge is 0.324 e. The van der Waals surface area contributed by atoms with E-state index >= 15 is 0 Å². The summed E-state index contributed by atoms with van der Waals surface area (Å²) in [5, 5.41) is 1.33. The molecule has 2 aromatic rings. The molecule has 0 radical (unpaired) electrons. The SMILES string of the molecule is CCN(CC)C(=O)Nn1cc2c3c(c(Br)ccc31)[C@H]1CCCN(C)[C@@H]1C2. The fraction of sp³-hybridized carbons (Fsp3) is 0.550. The van der Waals surface area contributed by atoms with Crippen LogP contribution in [0.3, 0.4) is 0 Å². The maximum Gasteiger partial charge on any atom is 0.336 e. The first-order chi connectivity index (χ1) is 12.5. The zero-order valence-electron chi connectivity index (χ0n) is 15.8. The summed E-state index contributed by atoms with van der Waals surface area (Å²) in [6.45, 7) is 6.60. The van der Waals surface area contributed by atoms with Gasteiger partial charge in [-0.1, -0.05) is 15.9 Å². The number of amides is 2. The molecule has 0 saturated carbocycles. The predicted molar refractivity (Wildman–Crippen MR) is 109 cm³/mol. The number of benzene rings is 1. The van der Waals surface area contributed by atoms with Gasteiger partial charge in [0.05, 0.1) is 5.52 Å². The average molecular weight is 419 g/mol. The highest BCUT2D eigenvalue weighted by atomic mass is 79.9. The minimum absolute atomic E-state index is 0.0447. The highest BCUT2D eigenvalue weighted by Gasteiger charge is 2.37. The number of carbonyl (C=O) groups is 1. The van der Waals surface area contributed by atoms with E-state index < -0.39 is 0 Å². The van der Waals surface area contributed by atoms with Crippen LogP contribution in [0.15, 0.2) is 22.8 Å². The van der Waals surface area contributed by atoms with Crippen LogP contribution >= 0.6 is 15.9 Å². The number of piperidine rings is 1. The van der Waals surface area contributed by atoms with Crippen molar-refractivity contribution in [2.45, 2.75) is 45.1 Å². The summed E-state index contributed by atoms with van der Waals surface area (Å²) in [7, 11) is 2.25. The van der Waals surface area contributed by atoms with E-state index in [2.05, 4.69) is 51.6 Å². The summed E-state index contributed by atoms with van der Waals surface area (Å²) in [5.74, 6) is 0.564. The van der Waals surface area contributed by atoms with Crippen molar-refractivity contribution in [3.05, 3.63) is 33.9 Å². The fourth-order valence-electron chi connectivity index (χ4n) is 4.79. The number of nitrogens with zero attached hydrogens (tertiary/aromatic N) is 3. The first-order valence-electron chi connectivity index (χ1n) is 9.63. The molecule has 2 atom stereocenters. The predicted octanol–water partition coefficient (Wildman–Crippen LogP) is 4.14. The van der Waals surface area contributed by atoms with Crippen LogP contribution in [-0.2, 0) is 6.42 Å². The third kappa shape index (κ3) is 2.74. The van der Waals surface area contributed by atoms with Gasteiger partial charge in [-0.2, -0.15) is 0 Å². The van der Waals surface area contributed by atoms with Gasteiger partial charge >= 0.3 is 6.03 Å². The Hall–Kier alpha value is -1.53. The van der Waals surface area contributed by atoms with Crippen LogP contribution < -0.4 is 5.43 Å². The molecule has 1 aliphatic carbocycles. The normalized spacial score (nSPS) is 22.3. The monoisotopic (exact) mass is 418 g/mol. The van der Waals surface area contributed by atoms with Crippen molar-refractivity contribution >= 4 is 32.9 Å². The van der Waals surface area contributed by atoms with Crippen LogP contribution in [-0.4, -0.2) is 53.2 Å². The van der Waals surface area contributed by atoms with Crippen LogP contribution in [0.4, 0.5) is 4.79 Å². The Morgan fingerprint density at radius 3 is 2.85 bits per heavy atom. The summed E-state index contributed by atoms with van der Waals surface area (Å²) >= 11 is 3.81. The molecule has 1 fully saturated rings. The number of aromatic nitrogens is 1. The highest BCUT2D eigenvalue weighted by molar-refractivity contribution is 9.10. The number of fused-ring (bicyclic) bond motifs is 2. The number of carbonyl (C=O) groups excluding carboxylic acids is 1. The topological polar surface area (TPSA) is 40.5 Å². The maximum absolute atomic E-state index is 12.6. The number of urea groups is 1. The summed E-state index contributed by atoms with van der Waals surface area (Å²) in [6.07, 6.45) is 5.66. The van der Waals surface area contributed by atoms with Crippen LogP contribution in [0.5, 0.6) is 0 Å². The number of hydrogen-bond acceptors (Lipinski definition) is 2. The van der Waals surface area contributed by atoms with Gasteiger partial charge in [-0.05, 0) is 70.0 Å². The van der Waals surface area contributed by atoms with Crippen molar-refractivity contribution in [1.82, 2.24) is 14.5 Å². The lowest BCUT2D eigenvalue weighted by Crippen LogP contribution is -2.44. The third-order valence-corrected chi connectivity index (χ3v) is 6.85. The second kappa shape index (κ2) is 6.89. The van der Waals surface area contributed by atoms with Gasteiger partial charge in [-0.3, -0.25) is 4.68 Å². The Balaban J connectivity index is 1.79. The Morgan fingerprint density at radius 1 is 1.35 bits per heavy atom. The van der Waals surface area contributed by atoms with Gasteiger partial charge < -0.3 is 9.80 Å². The van der Waals surface area contributed by atoms with E-state index in [4.69, 9.17) is 0 Å². The third-order valence-electron chi connectivity index (χ3n) is 6.16. The molecule has 6 heteroatoms. The Labute approximate surface area is 163 Å². The molecule has 0 spiro atoms. The number of likely N-dealkylation sites (N-methyl/N-ethyl adjacent to an activating group) is 1. The second-order valence-electron chi connectivity index (χ2n) is 7.47. The fourth-order valence-corrected chi connectivity index (χ4v) is 5.42. The molecule has 2 amide bonds. The van der Waals surface area contributed by atoms with Gasteiger partial charge in [-0.25, -0.2) is 10.2 Å². The van der Waals surface area contributed by atoms with E-state index in [-0.39, 0.29) is 6.03 Å². The Kier molecular flexibility index (Phi) is 4.73. The summed E-state index contributed by atoms with van der Waals surface area (Å²) in [5.41, 5.74) is 6.95. The molecular weight excluding hydrogens is 392 g/mol. The van der Waals surface area contributed by atoms with Gasteiger partial charge in [0.15, 0.2) is 0 Å². The van der Waals surface area contributed by atoms with Crippen LogP contribution in [0.2, 0.25) is 0 Å². The molecule has 5 nitrogen and oxygen atoms in total. The molecule has 1 aliphatic heterocycles. The lowest BCUT2D eigenvalue weighted by molar-refractivity contribution is 0.156. The van der Waals surface area contributed by atoms with E-state index in [0.29, 0.717) is 25.0 Å². The summed E-state index contributed by atoms with van der Waals surface area (Å²) in [6, 6.07) is 4.75. The largest absolute Gasteiger partial charge is 0.336 e. The van der Waals surface area contributed by atoms with E-state index in [1.165, 1.54) is 40.4 Å². The molecular formula is C20H27BrN4O. The molecule has 2 aliphatic rings. The zero-order chi connectivity index (χ0) is 18.4. The second-order valence-corrected chi connectivity index (χ2v) is 8.32. The number of hydrogen-bond donors (Lipinski definition) is 1. The van der Waals surface area contributed by atoms with Gasteiger partial charge in [0, 0.05) is 41.1 Å². The lowest BCUT2D eigenvalue weighted by atomic mass is 9.75. The number of halogens is 1. The highest BCUT2D eigenvalue weighted by Crippen LogP contribution is 2.46. The van der Waals surface area contributed by atoms with E-state index in [9.17, 15) is 4.79 Å². The van der Waals surface area contributed by atoms with E-state index in [1.807, 2.05) is 18.5 Å². The minimum atomic E-state index is -0.0447. The first-order valence-corrected chi connectivity index (χ1v) is 10.4. The van der Waals surface area contributed by atoms with Crippen molar-refractivity contribution in [3.63, 3.8) is 0 Å². The van der Waals surface area contributed by atoms with Crippen LogP contribution in [0.25, 0.3) is 10.9 Å². The van der Waals surface area contributed by atoms with Crippen molar-refractivity contribution in [2.24, 2.45) is 0 Å². The molecule has 26 heavy (non-hydrogen) atoms. The quantitative estimate of drug-likeness (QED) is 0.813. The van der Waals surface area contributed by atoms with Gasteiger partial charge in [0.2, 0.25) is 0 Å². The average Bonchev–Trinajstić information content (AvgIpc) is 2.97. The zero-order valence-corrected chi connectivity index (χ0v) is 17.3. The molecule has 0 bridgehead atoms. The van der Waals surface area contributed by atoms with Crippen molar-refractivity contribution in [3.8, 4) is 0 Å². The number of nitrogens with one attached hydrogen (secondary N) is 1. The van der Waals surface area contributed by atoms with Crippen molar-refractivity contribution in [1.29, 1.82) is 0 Å². The summed E-state index contributed by atoms with van der Waals surface area (Å²) < 4.78 is 3.13. The summed E-state index contributed by atoms with van der Waals surface area (Å²) in [4.78, 5) is 16.9. The molecule has 140 valence electrons. The number of likely N-dealkylation sites (tertiary alicyclic amines) is 1. The van der Waals surface area contributed by atoms with Crippen molar-refractivity contribution in [2.75, 3.05) is 32.1 Å². The molecule has 0 unspecified atom stereocenters. The minimum Gasteiger partial charge on any atom is -0.324 e. The lowest BCUT2D eigenvalue weighted by Gasteiger charge is -2.42. The van der Waals surface area contributed by atoms with Gasteiger partial charge in [-0.15, -0.1) is 0 Å². The van der Waals surface area contributed by atoms with E-state index in [0.717, 1.165) is 11.9 Å². The Bertz CT molecular complexity index is 842.